The molecule has 0 aromatic carbocycles. The number of carbonyl (C=O) groups excluding carboxylic acids is 1. The normalized spacial score (nSPS) is 25.2. The van der Waals surface area contributed by atoms with E-state index in [1.54, 1.807) is 11.3 Å². The molecular formula is C23H34F3N5O2S. The molecular weight excluding hydrogens is 467 g/mol. The second-order valence-corrected chi connectivity index (χ2v) is 11.3. The number of hydrogen-bond acceptors (Lipinski definition) is 7. The van der Waals surface area contributed by atoms with Gasteiger partial charge < -0.3 is 14.5 Å². The van der Waals surface area contributed by atoms with Gasteiger partial charge in [0, 0.05) is 68.5 Å². The number of aromatic nitrogens is 1. The molecule has 1 atom stereocenters. The molecule has 0 radical (unpaired) electrons. The molecule has 34 heavy (non-hydrogen) atoms. The third kappa shape index (κ3) is 5.16. The Bertz CT molecular complexity index is 861. The van der Waals surface area contributed by atoms with Crippen LogP contribution < -0.4 is 4.90 Å². The summed E-state index contributed by atoms with van der Waals surface area (Å²) >= 11 is 1.78. The number of piperidine rings is 1. The van der Waals surface area contributed by atoms with Crippen molar-refractivity contribution in [2.75, 3.05) is 50.7 Å². The molecule has 1 saturated carbocycles. The third-order valence-corrected chi connectivity index (χ3v) is 9.01. The van der Waals surface area contributed by atoms with Crippen molar-refractivity contribution in [3.8, 4) is 0 Å². The van der Waals surface area contributed by atoms with Gasteiger partial charge >= 0.3 is 12.3 Å². The van der Waals surface area contributed by atoms with E-state index in [0.717, 1.165) is 83.0 Å². The molecule has 3 aliphatic heterocycles. The van der Waals surface area contributed by atoms with Crippen molar-refractivity contribution in [3.05, 3.63) is 11.1 Å². The average molecular weight is 502 g/mol. The Morgan fingerprint density at radius 3 is 2.50 bits per heavy atom. The summed E-state index contributed by atoms with van der Waals surface area (Å²) in [6.07, 6.45) is 0.907. The Morgan fingerprint density at radius 2 is 1.85 bits per heavy atom. The Labute approximate surface area is 202 Å². The number of piperazine rings is 1. The van der Waals surface area contributed by atoms with E-state index >= 15 is 0 Å². The fraction of sp³-hybridized carbons (Fsp3) is 0.826. The van der Waals surface area contributed by atoms with Crippen molar-refractivity contribution < 1.29 is 22.7 Å². The highest BCUT2D eigenvalue weighted by atomic mass is 32.1. The van der Waals surface area contributed by atoms with Gasteiger partial charge in [-0.25, -0.2) is 9.78 Å². The summed E-state index contributed by atoms with van der Waals surface area (Å²) in [6, 6.07) is 0.821. The van der Waals surface area contributed by atoms with Crippen LogP contribution in [0.5, 0.6) is 0 Å². The van der Waals surface area contributed by atoms with Crippen molar-refractivity contribution in [1.82, 2.24) is 19.7 Å². The molecule has 7 nitrogen and oxygen atoms in total. The predicted octanol–water partition coefficient (Wildman–Crippen LogP) is 3.95. The van der Waals surface area contributed by atoms with E-state index in [4.69, 9.17) is 4.98 Å². The van der Waals surface area contributed by atoms with Crippen LogP contribution in [0.2, 0.25) is 0 Å². The molecule has 1 aromatic rings. The molecule has 4 heterocycles. The first-order valence-electron chi connectivity index (χ1n) is 12.4. The van der Waals surface area contributed by atoms with E-state index in [2.05, 4.69) is 19.4 Å². The van der Waals surface area contributed by atoms with Crippen molar-refractivity contribution in [2.45, 2.75) is 75.9 Å². The molecule has 1 aliphatic carbocycles. The second kappa shape index (κ2) is 9.46. The highest BCUT2D eigenvalue weighted by Crippen LogP contribution is 2.40. The van der Waals surface area contributed by atoms with Gasteiger partial charge in [-0.15, -0.1) is 11.3 Å². The van der Waals surface area contributed by atoms with E-state index in [1.807, 2.05) is 6.20 Å². The highest BCUT2D eigenvalue weighted by molar-refractivity contribution is 7.15. The molecule has 4 aliphatic rings. The molecule has 190 valence electrons. The molecule has 3 saturated heterocycles. The van der Waals surface area contributed by atoms with Gasteiger partial charge in [-0.05, 0) is 52.0 Å². The van der Waals surface area contributed by atoms with Crippen LogP contribution in [0.1, 0.15) is 50.3 Å². The molecule has 11 heteroatoms. The number of hydrogen-bond donors (Lipinski definition) is 0. The van der Waals surface area contributed by atoms with E-state index in [9.17, 15) is 18.0 Å². The van der Waals surface area contributed by atoms with Crippen molar-refractivity contribution in [2.24, 2.45) is 0 Å². The second-order valence-electron chi connectivity index (χ2n) is 10.2. The van der Waals surface area contributed by atoms with Gasteiger partial charge in [-0.1, -0.05) is 0 Å². The third-order valence-electron chi connectivity index (χ3n) is 7.97. The van der Waals surface area contributed by atoms with Crippen LogP contribution in [0.25, 0.3) is 0 Å². The van der Waals surface area contributed by atoms with E-state index in [-0.39, 0.29) is 5.54 Å². The smallest absolute Gasteiger partial charge is 0.425 e. The number of rotatable bonds is 5. The maximum Gasteiger partial charge on any atom is 0.425 e. The van der Waals surface area contributed by atoms with Crippen LogP contribution in [-0.4, -0.2) is 95.5 Å². The van der Waals surface area contributed by atoms with Gasteiger partial charge in [0.25, 0.3) is 0 Å². The summed E-state index contributed by atoms with van der Waals surface area (Å²) in [5.74, 6) is 0. The van der Waals surface area contributed by atoms with Gasteiger partial charge in [0.1, 0.15) is 0 Å². The minimum atomic E-state index is -4.53. The minimum absolute atomic E-state index is 0.00642. The summed E-state index contributed by atoms with van der Waals surface area (Å²) in [5.41, 5.74) is 0.00642. The Hall–Kier alpha value is -1.59. The Kier molecular flexibility index (Phi) is 6.71. The fourth-order valence-corrected chi connectivity index (χ4v) is 6.61. The summed E-state index contributed by atoms with van der Waals surface area (Å²) in [5, 5.41) is 1.11. The monoisotopic (exact) mass is 501 g/mol. The van der Waals surface area contributed by atoms with Crippen LogP contribution in [0, 0.1) is 0 Å². The van der Waals surface area contributed by atoms with E-state index in [0.29, 0.717) is 13.1 Å². The number of halogens is 3. The quantitative estimate of drug-likeness (QED) is 0.609. The summed E-state index contributed by atoms with van der Waals surface area (Å²) < 4.78 is 42.9. The van der Waals surface area contributed by atoms with E-state index in [1.165, 1.54) is 22.6 Å². The lowest BCUT2D eigenvalue weighted by molar-refractivity contribution is -0.200. The Morgan fingerprint density at radius 1 is 1.15 bits per heavy atom. The lowest BCUT2D eigenvalue weighted by atomic mass is 9.85. The van der Waals surface area contributed by atoms with Crippen molar-refractivity contribution >= 4 is 22.6 Å². The molecule has 5 rings (SSSR count). The lowest BCUT2D eigenvalue weighted by Crippen LogP contribution is -2.53. The lowest BCUT2D eigenvalue weighted by Gasteiger charge is -2.44. The summed E-state index contributed by atoms with van der Waals surface area (Å²) in [6.45, 7) is 7.89. The summed E-state index contributed by atoms with van der Waals surface area (Å²) in [7, 11) is 0. The minimum Gasteiger partial charge on any atom is -0.437 e. The number of likely N-dealkylation sites (tertiary alicyclic amines) is 2. The first-order chi connectivity index (χ1) is 16.2. The molecule has 1 aromatic heterocycles. The predicted molar refractivity (Wildman–Crippen MR) is 124 cm³/mol. The van der Waals surface area contributed by atoms with Crippen molar-refractivity contribution in [1.29, 1.82) is 0 Å². The number of ether oxygens (including phenoxy) is 1. The number of nitrogens with zero attached hydrogens (tertiary/aromatic N) is 5. The van der Waals surface area contributed by atoms with Crippen LogP contribution >= 0.6 is 11.3 Å². The zero-order chi connectivity index (χ0) is 23.9. The first-order valence-corrected chi connectivity index (χ1v) is 13.3. The molecule has 1 unspecified atom stereocenters. The van der Waals surface area contributed by atoms with Gasteiger partial charge in [0.2, 0.25) is 0 Å². The van der Waals surface area contributed by atoms with Gasteiger partial charge in [0.05, 0.1) is 0 Å². The van der Waals surface area contributed by atoms with Gasteiger partial charge in [0.15, 0.2) is 11.2 Å². The largest absolute Gasteiger partial charge is 0.437 e. The number of alkyl halides is 3. The number of thiazole rings is 1. The maximum atomic E-state index is 12.7. The number of carbonyl (C=O) groups is 1. The SMILES string of the molecule is CC(OC(=O)N1CCC2(CCCN2Cc2cnc(N3CCN(C4CC4)CC3)s2)CC1)C(F)(F)F. The zero-order valence-corrected chi connectivity index (χ0v) is 20.5. The van der Waals surface area contributed by atoms with Crippen LogP contribution in [-0.2, 0) is 11.3 Å². The average Bonchev–Trinajstić information content (AvgIpc) is 3.45. The number of anilines is 1. The van der Waals surface area contributed by atoms with Crippen LogP contribution in [0.4, 0.5) is 23.1 Å². The van der Waals surface area contributed by atoms with Crippen molar-refractivity contribution in [3.63, 3.8) is 0 Å². The number of amides is 1. The standard InChI is InChI=1S/C23H34F3N5O2S/c1-17(23(24,25)26)33-21(32)30-9-6-22(7-10-30)5-2-8-31(22)16-19-15-27-20(34-19)29-13-11-28(12-14-29)18-3-4-18/h15,17-18H,2-14,16H2,1H3. The molecule has 4 fully saturated rings. The molecule has 0 bridgehead atoms. The zero-order valence-electron chi connectivity index (χ0n) is 19.7. The molecule has 0 N–H and O–H groups in total. The van der Waals surface area contributed by atoms with Crippen LogP contribution in [0.15, 0.2) is 6.20 Å². The first kappa shape index (κ1) is 24.1. The van der Waals surface area contributed by atoms with E-state index < -0.39 is 18.4 Å². The maximum absolute atomic E-state index is 12.7. The molecule has 1 spiro atoms. The topological polar surface area (TPSA) is 52.2 Å². The summed E-state index contributed by atoms with van der Waals surface area (Å²) in [4.78, 5) is 27.1. The molecule has 1 amide bonds. The van der Waals surface area contributed by atoms with Crippen LogP contribution in [0.3, 0.4) is 0 Å². The highest BCUT2D eigenvalue weighted by Gasteiger charge is 2.45. The fourth-order valence-electron chi connectivity index (χ4n) is 5.63. The van der Waals surface area contributed by atoms with Gasteiger partial charge in [-0.2, -0.15) is 13.2 Å². The van der Waals surface area contributed by atoms with Gasteiger partial charge in [-0.3, -0.25) is 9.80 Å². The Balaban J connectivity index is 1.14.